The number of pyridine rings is 1. The van der Waals surface area contributed by atoms with Crippen LogP contribution in [0.1, 0.15) is 6.92 Å². The maximum atomic E-state index is 5.88. The molecule has 1 unspecified atom stereocenters. The minimum atomic E-state index is 0.455. The van der Waals surface area contributed by atoms with Gasteiger partial charge in [0.1, 0.15) is 0 Å². The molecule has 1 N–H and O–H groups in total. The standard InChI is InChI=1S/C10H15ClN2O/c1-8(7-14-2)6-13-9-4-3-5-12-10(9)11/h3-5,8,13H,6-7H2,1-2H3. The highest BCUT2D eigenvalue weighted by Crippen LogP contribution is 2.17. The van der Waals surface area contributed by atoms with Crippen molar-refractivity contribution in [3.63, 3.8) is 0 Å². The van der Waals surface area contributed by atoms with Gasteiger partial charge in [-0.2, -0.15) is 0 Å². The molecule has 0 amide bonds. The summed E-state index contributed by atoms with van der Waals surface area (Å²) in [7, 11) is 1.70. The summed E-state index contributed by atoms with van der Waals surface area (Å²) in [5.74, 6) is 0.455. The molecule has 0 aliphatic carbocycles. The van der Waals surface area contributed by atoms with E-state index in [0.717, 1.165) is 18.8 Å². The summed E-state index contributed by atoms with van der Waals surface area (Å²) in [6, 6.07) is 3.77. The minimum Gasteiger partial charge on any atom is -0.384 e. The molecule has 0 saturated carbocycles. The largest absolute Gasteiger partial charge is 0.384 e. The Balaban J connectivity index is 2.41. The summed E-state index contributed by atoms with van der Waals surface area (Å²) in [5.41, 5.74) is 0.872. The topological polar surface area (TPSA) is 34.1 Å². The molecule has 0 aliphatic heterocycles. The molecule has 0 spiro atoms. The van der Waals surface area contributed by atoms with E-state index in [2.05, 4.69) is 17.2 Å². The van der Waals surface area contributed by atoms with Crippen LogP contribution in [0, 0.1) is 5.92 Å². The normalized spacial score (nSPS) is 12.5. The maximum absolute atomic E-state index is 5.88. The molecule has 0 aromatic carbocycles. The van der Waals surface area contributed by atoms with Gasteiger partial charge in [0.25, 0.3) is 0 Å². The van der Waals surface area contributed by atoms with E-state index in [1.54, 1.807) is 13.3 Å². The smallest absolute Gasteiger partial charge is 0.152 e. The molecule has 0 aliphatic rings. The molecule has 0 saturated heterocycles. The van der Waals surface area contributed by atoms with Gasteiger partial charge in [0, 0.05) is 19.9 Å². The lowest BCUT2D eigenvalue weighted by Crippen LogP contribution is -2.16. The van der Waals surface area contributed by atoms with Crippen molar-refractivity contribution in [3.05, 3.63) is 23.5 Å². The van der Waals surface area contributed by atoms with Gasteiger partial charge < -0.3 is 10.1 Å². The molecule has 0 radical (unpaired) electrons. The molecular weight excluding hydrogens is 200 g/mol. The lowest BCUT2D eigenvalue weighted by atomic mass is 10.2. The van der Waals surface area contributed by atoms with Gasteiger partial charge >= 0.3 is 0 Å². The predicted octanol–water partition coefficient (Wildman–Crippen LogP) is 2.43. The fraction of sp³-hybridized carbons (Fsp3) is 0.500. The molecule has 1 aromatic heterocycles. The Bertz CT molecular complexity index is 281. The van der Waals surface area contributed by atoms with Gasteiger partial charge in [0.15, 0.2) is 5.15 Å². The van der Waals surface area contributed by atoms with Gasteiger partial charge in [-0.15, -0.1) is 0 Å². The summed E-state index contributed by atoms with van der Waals surface area (Å²) in [4.78, 5) is 3.97. The minimum absolute atomic E-state index is 0.455. The van der Waals surface area contributed by atoms with E-state index in [9.17, 15) is 0 Å². The Labute approximate surface area is 89.4 Å². The molecule has 78 valence electrons. The average molecular weight is 215 g/mol. The summed E-state index contributed by atoms with van der Waals surface area (Å²) in [5, 5.41) is 3.73. The summed E-state index contributed by atoms with van der Waals surface area (Å²) in [6.07, 6.45) is 1.67. The first-order valence-corrected chi connectivity index (χ1v) is 4.95. The molecule has 4 heteroatoms. The monoisotopic (exact) mass is 214 g/mol. The van der Waals surface area contributed by atoms with Crippen LogP contribution in [0.5, 0.6) is 0 Å². The van der Waals surface area contributed by atoms with Crippen LogP contribution in [0.2, 0.25) is 5.15 Å². The van der Waals surface area contributed by atoms with Crippen molar-refractivity contribution in [2.24, 2.45) is 5.92 Å². The zero-order valence-corrected chi connectivity index (χ0v) is 9.21. The number of hydrogen-bond acceptors (Lipinski definition) is 3. The number of rotatable bonds is 5. The van der Waals surface area contributed by atoms with E-state index in [1.807, 2.05) is 12.1 Å². The molecule has 1 rings (SSSR count). The fourth-order valence-corrected chi connectivity index (χ4v) is 1.33. The molecule has 1 atom stereocenters. The Morgan fingerprint density at radius 1 is 1.64 bits per heavy atom. The number of anilines is 1. The van der Waals surface area contributed by atoms with Gasteiger partial charge in [0.2, 0.25) is 0 Å². The molecule has 14 heavy (non-hydrogen) atoms. The Morgan fingerprint density at radius 2 is 2.43 bits per heavy atom. The van der Waals surface area contributed by atoms with Crippen LogP contribution in [0.3, 0.4) is 0 Å². The van der Waals surface area contributed by atoms with Crippen LogP contribution in [0.25, 0.3) is 0 Å². The average Bonchev–Trinajstić information content (AvgIpc) is 2.17. The highest BCUT2D eigenvalue weighted by Gasteiger charge is 2.03. The second-order valence-corrected chi connectivity index (χ2v) is 3.64. The summed E-state index contributed by atoms with van der Waals surface area (Å²) < 4.78 is 5.03. The molecule has 3 nitrogen and oxygen atoms in total. The third-order valence-electron chi connectivity index (χ3n) is 1.85. The van der Waals surface area contributed by atoms with Crippen LogP contribution < -0.4 is 5.32 Å². The van der Waals surface area contributed by atoms with Crippen molar-refractivity contribution < 1.29 is 4.74 Å². The van der Waals surface area contributed by atoms with Gasteiger partial charge in [-0.3, -0.25) is 0 Å². The third kappa shape index (κ3) is 3.52. The molecule has 0 fully saturated rings. The molecular formula is C10H15ClN2O. The SMILES string of the molecule is COCC(C)CNc1cccnc1Cl. The quantitative estimate of drug-likeness (QED) is 0.765. The van der Waals surface area contributed by atoms with E-state index in [1.165, 1.54) is 0 Å². The van der Waals surface area contributed by atoms with E-state index in [-0.39, 0.29) is 0 Å². The first kappa shape index (κ1) is 11.3. The van der Waals surface area contributed by atoms with E-state index in [0.29, 0.717) is 11.1 Å². The first-order chi connectivity index (χ1) is 6.74. The predicted molar refractivity (Wildman–Crippen MR) is 58.8 cm³/mol. The molecule has 1 heterocycles. The van der Waals surface area contributed by atoms with Crippen molar-refractivity contribution in [1.29, 1.82) is 0 Å². The molecule has 0 bridgehead atoms. The van der Waals surface area contributed by atoms with Crippen molar-refractivity contribution in [2.75, 3.05) is 25.6 Å². The Morgan fingerprint density at radius 3 is 3.07 bits per heavy atom. The highest BCUT2D eigenvalue weighted by molar-refractivity contribution is 6.31. The van der Waals surface area contributed by atoms with Crippen LogP contribution in [0.4, 0.5) is 5.69 Å². The number of nitrogens with one attached hydrogen (secondary N) is 1. The zero-order chi connectivity index (χ0) is 10.4. The number of nitrogens with zero attached hydrogens (tertiary/aromatic N) is 1. The van der Waals surface area contributed by atoms with Gasteiger partial charge in [-0.1, -0.05) is 18.5 Å². The first-order valence-electron chi connectivity index (χ1n) is 4.57. The second kappa shape index (κ2) is 5.83. The number of hydrogen-bond donors (Lipinski definition) is 1. The van der Waals surface area contributed by atoms with E-state index in [4.69, 9.17) is 16.3 Å². The van der Waals surface area contributed by atoms with Gasteiger partial charge in [-0.05, 0) is 18.1 Å². The van der Waals surface area contributed by atoms with Crippen LogP contribution >= 0.6 is 11.6 Å². The van der Waals surface area contributed by atoms with Crippen molar-refractivity contribution in [1.82, 2.24) is 4.98 Å². The number of ether oxygens (including phenoxy) is 1. The lowest BCUT2D eigenvalue weighted by Gasteiger charge is -2.12. The number of methoxy groups -OCH3 is 1. The van der Waals surface area contributed by atoms with E-state index < -0.39 is 0 Å². The lowest BCUT2D eigenvalue weighted by molar-refractivity contribution is 0.164. The van der Waals surface area contributed by atoms with E-state index >= 15 is 0 Å². The van der Waals surface area contributed by atoms with Crippen LogP contribution in [-0.4, -0.2) is 25.2 Å². The Kier molecular flexibility index (Phi) is 4.70. The Hall–Kier alpha value is -0.800. The van der Waals surface area contributed by atoms with Gasteiger partial charge in [0.05, 0.1) is 12.3 Å². The highest BCUT2D eigenvalue weighted by atomic mass is 35.5. The van der Waals surface area contributed by atoms with Crippen LogP contribution in [0.15, 0.2) is 18.3 Å². The number of aromatic nitrogens is 1. The van der Waals surface area contributed by atoms with Gasteiger partial charge in [-0.25, -0.2) is 4.98 Å². The zero-order valence-electron chi connectivity index (χ0n) is 8.46. The maximum Gasteiger partial charge on any atom is 0.152 e. The fourth-order valence-electron chi connectivity index (χ4n) is 1.15. The van der Waals surface area contributed by atoms with Crippen molar-refractivity contribution in [2.45, 2.75) is 6.92 Å². The summed E-state index contributed by atoms with van der Waals surface area (Å²) in [6.45, 7) is 3.69. The second-order valence-electron chi connectivity index (χ2n) is 3.28. The van der Waals surface area contributed by atoms with Crippen molar-refractivity contribution >= 4 is 17.3 Å². The molecule has 1 aromatic rings. The summed E-state index contributed by atoms with van der Waals surface area (Å²) >= 11 is 5.88. The van der Waals surface area contributed by atoms with Crippen molar-refractivity contribution in [3.8, 4) is 0 Å². The number of halogens is 1. The van der Waals surface area contributed by atoms with Crippen LogP contribution in [-0.2, 0) is 4.74 Å². The third-order valence-corrected chi connectivity index (χ3v) is 2.15.